The maximum absolute atomic E-state index is 11.2. The van der Waals surface area contributed by atoms with Gasteiger partial charge in [-0.25, -0.2) is 0 Å². The molecule has 1 N–H and O–H groups in total. The van der Waals surface area contributed by atoms with Crippen molar-refractivity contribution in [1.29, 1.82) is 0 Å². The highest BCUT2D eigenvalue weighted by molar-refractivity contribution is 5.65. The fourth-order valence-corrected chi connectivity index (χ4v) is 2.48. The first-order chi connectivity index (χ1) is 9.15. The van der Waals surface area contributed by atoms with E-state index in [1.807, 2.05) is 4.90 Å². The quantitative estimate of drug-likeness (QED) is 0.664. The van der Waals surface area contributed by atoms with E-state index >= 15 is 0 Å². The summed E-state index contributed by atoms with van der Waals surface area (Å²) in [5.74, 6) is 0.668. The maximum Gasteiger partial charge on any atom is 0.296 e. The minimum Gasteiger partial charge on any atom is -0.496 e. The summed E-state index contributed by atoms with van der Waals surface area (Å²) in [5.41, 5.74) is 0.655. The summed E-state index contributed by atoms with van der Waals surface area (Å²) in [6.07, 6.45) is 1.91. The zero-order valence-corrected chi connectivity index (χ0v) is 10.9. The van der Waals surface area contributed by atoms with Crippen molar-refractivity contribution < 1.29 is 14.8 Å². The van der Waals surface area contributed by atoms with E-state index in [2.05, 4.69) is 0 Å². The summed E-state index contributed by atoms with van der Waals surface area (Å²) in [6.45, 7) is 1.56. The third-order valence-corrected chi connectivity index (χ3v) is 3.50. The molecule has 1 unspecified atom stereocenters. The van der Waals surface area contributed by atoms with Crippen molar-refractivity contribution in [3.05, 3.63) is 28.3 Å². The molecule has 0 spiro atoms. The van der Waals surface area contributed by atoms with E-state index in [1.54, 1.807) is 12.1 Å². The third-order valence-electron chi connectivity index (χ3n) is 3.50. The van der Waals surface area contributed by atoms with Crippen molar-refractivity contribution >= 4 is 11.4 Å². The number of nitro groups is 1. The van der Waals surface area contributed by atoms with Crippen molar-refractivity contribution in [2.75, 3.05) is 31.7 Å². The van der Waals surface area contributed by atoms with Gasteiger partial charge in [-0.2, -0.15) is 0 Å². The average molecular weight is 266 g/mol. The second-order valence-corrected chi connectivity index (χ2v) is 4.75. The van der Waals surface area contributed by atoms with Crippen LogP contribution in [0.4, 0.5) is 11.4 Å². The smallest absolute Gasteiger partial charge is 0.296 e. The second-order valence-electron chi connectivity index (χ2n) is 4.75. The van der Waals surface area contributed by atoms with Crippen molar-refractivity contribution in [2.45, 2.75) is 12.8 Å². The standard InChI is InChI=1S/C13H18N2O4/c1-19-11-4-5-12(13(7-11)15(17)18)14-6-2-3-10(8-14)9-16/h4-5,7,10,16H,2-3,6,8-9H2,1H3. The van der Waals surface area contributed by atoms with Crippen LogP contribution in [0.5, 0.6) is 5.75 Å². The number of aliphatic hydroxyl groups excluding tert-OH is 1. The molecule has 1 aromatic rings. The zero-order chi connectivity index (χ0) is 13.8. The molecule has 0 aliphatic carbocycles. The van der Waals surface area contributed by atoms with E-state index in [4.69, 9.17) is 4.74 Å². The van der Waals surface area contributed by atoms with Gasteiger partial charge in [-0.05, 0) is 30.9 Å². The fraction of sp³-hybridized carbons (Fsp3) is 0.538. The summed E-state index contributed by atoms with van der Waals surface area (Å²) in [6, 6.07) is 4.89. The van der Waals surface area contributed by atoms with Gasteiger partial charge in [-0.1, -0.05) is 0 Å². The molecule has 6 heteroatoms. The Hall–Kier alpha value is -1.82. The highest BCUT2D eigenvalue weighted by Gasteiger charge is 2.25. The van der Waals surface area contributed by atoms with Gasteiger partial charge in [0.05, 0.1) is 18.1 Å². The molecule has 1 fully saturated rings. The van der Waals surface area contributed by atoms with E-state index in [-0.39, 0.29) is 23.1 Å². The predicted molar refractivity (Wildman–Crippen MR) is 71.7 cm³/mol. The molecule has 1 aliphatic rings. The summed E-state index contributed by atoms with van der Waals surface area (Å²) in [4.78, 5) is 12.7. The van der Waals surface area contributed by atoms with Crippen molar-refractivity contribution in [3.63, 3.8) is 0 Å². The Bertz CT molecular complexity index is 464. The van der Waals surface area contributed by atoms with E-state index in [1.165, 1.54) is 13.2 Å². The average Bonchev–Trinajstić information content (AvgIpc) is 2.46. The summed E-state index contributed by atoms with van der Waals surface area (Å²) in [7, 11) is 1.49. The number of piperidine rings is 1. The van der Waals surface area contributed by atoms with Gasteiger partial charge < -0.3 is 14.7 Å². The number of nitrogens with zero attached hydrogens (tertiary/aromatic N) is 2. The number of anilines is 1. The first-order valence-corrected chi connectivity index (χ1v) is 6.34. The van der Waals surface area contributed by atoms with Gasteiger partial charge in [0.25, 0.3) is 5.69 Å². The molecule has 19 heavy (non-hydrogen) atoms. The normalized spacial score (nSPS) is 19.3. The van der Waals surface area contributed by atoms with Crippen molar-refractivity contribution in [3.8, 4) is 5.75 Å². The molecule has 0 bridgehead atoms. The van der Waals surface area contributed by atoms with Crippen LogP contribution in [0.25, 0.3) is 0 Å². The summed E-state index contributed by atoms with van der Waals surface area (Å²) < 4.78 is 5.03. The zero-order valence-electron chi connectivity index (χ0n) is 10.9. The van der Waals surface area contributed by atoms with E-state index < -0.39 is 0 Å². The van der Waals surface area contributed by atoms with Gasteiger partial charge >= 0.3 is 0 Å². The largest absolute Gasteiger partial charge is 0.496 e. The lowest BCUT2D eigenvalue weighted by molar-refractivity contribution is -0.384. The molecule has 0 amide bonds. The van der Waals surface area contributed by atoms with Gasteiger partial charge in [0.1, 0.15) is 11.4 Å². The topological polar surface area (TPSA) is 75.8 Å². The molecule has 1 saturated heterocycles. The Morgan fingerprint density at radius 1 is 1.58 bits per heavy atom. The number of benzene rings is 1. The Balaban J connectivity index is 2.30. The Kier molecular flexibility index (Phi) is 4.21. The number of nitro benzene ring substituents is 1. The van der Waals surface area contributed by atoms with E-state index in [0.29, 0.717) is 18.0 Å². The Morgan fingerprint density at radius 3 is 3.00 bits per heavy atom. The van der Waals surface area contributed by atoms with Crippen LogP contribution in [0, 0.1) is 16.0 Å². The molecular formula is C13H18N2O4. The fourth-order valence-electron chi connectivity index (χ4n) is 2.48. The number of ether oxygens (including phenoxy) is 1. The first-order valence-electron chi connectivity index (χ1n) is 6.34. The number of rotatable bonds is 4. The lowest BCUT2D eigenvalue weighted by atomic mass is 9.98. The van der Waals surface area contributed by atoms with Crippen molar-refractivity contribution in [2.24, 2.45) is 5.92 Å². The summed E-state index contributed by atoms with van der Waals surface area (Å²) >= 11 is 0. The van der Waals surface area contributed by atoms with Gasteiger partial charge in [0, 0.05) is 19.7 Å². The highest BCUT2D eigenvalue weighted by Crippen LogP contribution is 2.34. The molecule has 1 aliphatic heterocycles. The predicted octanol–water partition coefficient (Wildman–Crippen LogP) is 1.81. The van der Waals surface area contributed by atoms with Gasteiger partial charge in [0.15, 0.2) is 0 Å². The maximum atomic E-state index is 11.2. The lowest BCUT2D eigenvalue weighted by Gasteiger charge is -2.33. The van der Waals surface area contributed by atoms with Crippen LogP contribution in [0.2, 0.25) is 0 Å². The number of hydrogen-bond acceptors (Lipinski definition) is 5. The van der Waals surface area contributed by atoms with E-state index in [9.17, 15) is 15.2 Å². The number of aliphatic hydroxyl groups is 1. The molecule has 1 aromatic carbocycles. The SMILES string of the molecule is COc1ccc(N2CCCC(CO)C2)c([N+](=O)[O-])c1. The van der Waals surface area contributed by atoms with Gasteiger partial charge in [-0.3, -0.25) is 10.1 Å². The Labute approximate surface area is 111 Å². The monoisotopic (exact) mass is 266 g/mol. The molecule has 1 atom stereocenters. The molecular weight excluding hydrogens is 248 g/mol. The molecule has 0 saturated carbocycles. The van der Waals surface area contributed by atoms with Crippen LogP contribution < -0.4 is 9.64 Å². The molecule has 0 aromatic heterocycles. The van der Waals surface area contributed by atoms with Gasteiger partial charge in [0.2, 0.25) is 0 Å². The first kappa shape index (κ1) is 13.6. The lowest BCUT2D eigenvalue weighted by Crippen LogP contribution is -2.37. The highest BCUT2D eigenvalue weighted by atomic mass is 16.6. The number of hydrogen-bond donors (Lipinski definition) is 1. The molecule has 104 valence electrons. The second kappa shape index (κ2) is 5.88. The van der Waals surface area contributed by atoms with Crippen LogP contribution in [0.1, 0.15) is 12.8 Å². The molecule has 6 nitrogen and oxygen atoms in total. The molecule has 2 rings (SSSR count). The van der Waals surface area contributed by atoms with Crippen LogP contribution >= 0.6 is 0 Å². The van der Waals surface area contributed by atoms with Crippen molar-refractivity contribution in [1.82, 2.24) is 0 Å². The molecule has 0 radical (unpaired) electrons. The van der Waals surface area contributed by atoms with Crippen LogP contribution in [0.3, 0.4) is 0 Å². The third kappa shape index (κ3) is 2.96. The Morgan fingerprint density at radius 2 is 2.37 bits per heavy atom. The minimum absolute atomic E-state index is 0.0536. The van der Waals surface area contributed by atoms with Crippen LogP contribution in [0.15, 0.2) is 18.2 Å². The minimum atomic E-state index is -0.388. The van der Waals surface area contributed by atoms with Gasteiger partial charge in [-0.15, -0.1) is 0 Å². The summed E-state index contributed by atoms with van der Waals surface area (Å²) in [5, 5.41) is 20.4. The molecule has 1 heterocycles. The van der Waals surface area contributed by atoms with Crippen LogP contribution in [-0.4, -0.2) is 36.8 Å². The van der Waals surface area contributed by atoms with Crippen LogP contribution in [-0.2, 0) is 0 Å². The number of methoxy groups -OCH3 is 1. The van der Waals surface area contributed by atoms with E-state index in [0.717, 1.165) is 19.4 Å².